The van der Waals surface area contributed by atoms with Gasteiger partial charge in [-0.05, 0) is 34.6 Å². The van der Waals surface area contributed by atoms with Crippen LogP contribution in [0.15, 0.2) is 85.1 Å². The molecule has 0 saturated heterocycles. The van der Waals surface area contributed by atoms with E-state index >= 15 is 0 Å². The van der Waals surface area contributed by atoms with Crippen LogP contribution in [0.2, 0.25) is 0 Å². The predicted molar refractivity (Wildman–Crippen MR) is 90.8 cm³/mol. The van der Waals surface area contributed by atoms with E-state index < -0.39 is 0 Å². The van der Waals surface area contributed by atoms with Crippen LogP contribution in [0.5, 0.6) is 5.75 Å². The van der Waals surface area contributed by atoms with Gasteiger partial charge < -0.3 is 5.11 Å². The van der Waals surface area contributed by atoms with Crippen LogP contribution < -0.4 is 29.0 Å². The number of hydrogen-bond donors (Lipinski definition) is 0. The molecular weight excluding hydrogens is 289 g/mol. The Balaban J connectivity index is 0.00000169. The molecule has 1 N–H and O–H groups in total. The number of nitrogens with one attached hydrogen (secondary N) is 1. The summed E-state index contributed by atoms with van der Waals surface area (Å²) in [5, 5.41) is 13.3. The largest absolute Gasteiger partial charge is 1.00 e. The number of benzene rings is 3. The maximum atomic E-state index is 12.4. The van der Waals surface area contributed by atoms with Gasteiger partial charge in [0.05, 0.1) is 0 Å². The summed E-state index contributed by atoms with van der Waals surface area (Å²) in [6.07, 6.45) is 1.89. The number of aromatic amines is 1. The van der Waals surface area contributed by atoms with Crippen LogP contribution in [0.4, 0.5) is 0 Å². The van der Waals surface area contributed by atoms with E-state index in [0.29, 0.717) is 5.52 Å². The van der Waals surface area contributed by atoms with E-state index in [1.807, 2.05) is 54.7 Å². The number of rotatable bonds is 2. The van der Waals surface area contributed by atoms with E-state index in [4.69, 9.17) is 0 Å². The molecule has 3 aromatic carbocycles. The Hall–Kier alpha value is -2.53. The second-order valence-corrected chi connectivity index (χ2v) is 5.56. The molecule has 0 unspecified atom stereocenters. The smallest absolute Gasteiger partial charge is 0.868 e. The first-order chi connectivity index (χ1) is 11.3. The molecule has 3 heteroatoms. The van der Waals surface area contributed by atoms with Crippen molar-refractivity contribution in [3.05, 3.63) is 85.1 Å². The Kier molecular flexibility index (Phi) is 4.71. The molecule has 2 nitrogen and oxygen atoms in total. The van der Waals surface area contributed by atoms with Crippen molar-refractivity contribution in [2.24, 2.45) is 0 Å². The Morgan fingerprint density at radius 1 is 0.625 bits per heavy atom. The molecule has 0 amide bonds. The Morgan fingerprint density at radius 3 is 1.79 bits per heavy atom. The van der Waals surface area contributed by atoms with Crippen molar-refractivity contribution in [2.45, 2.75) is 0 Å². The number of hydrogen-bond acceptors (Lipinski definition) is 1. The van der Waals surface area contributed by atoms with E-state index in [2.05, 4.69) is 29.2 Å². The molecular formula is C21H15LiNO+. The van der Waals surface area contributed by atoms with Crippen molar-refractivity contribution < 1.29 is 29.0 Å². The molecule has 24 heavy (non-hydrogen) atoms. The standard InChI is InChI=1S/C21H15NO.Li/c23-20-13-17(15-7-3-1-4-8-15)11-18-12-19(14-22-21(18)20)16-9-5-2-6-10-16;/h1-14,23H;/q;+1. The van der Waals surface area contributed by atoms with Crippen LogP contribution in [0.25, 0.3) is 33.2 Å². The fraction of sp³-hybridized carbons (Fsp3) is 0. The molecule has 4 rings (SSSR count). The fourth-order valence-corrected chi connectivity index (χ4v) is 2.86. The van der Waals surface area contributed by atoms with Gasteiger partial charge in [-0.15, -0.1) is 0 Å². The van der Waals surface area contributed by atoms with Gasteiger partial charge in [0.15, 0.2) is 6.20 Å². The first-order valence-corrected chi connectivity index (χ1v) is 7.58. The first-order valence-electron chi connectivity index (χ1n) is 7.58. The molecule has 0 fully saturated rings. The summed E-state index contributed by atoms with van der Waals surface area (Å²) in [5.74, 6) is 0.0148. The predicted octanol–water partition coefficient (Wildman–Crippen LogP) is 1.07. The van der Waals surface area contributed by atoms with Crippen molar-refractivity contribution in [2.75, 3.05) is 0 Å². The van der Waals surface area contributed by atoms with Crippen molar-refractivity contribution in [3.63, 3.8) is 0 Å². The van der Waals surface area contributed by atoms with Gasteiger partial charge in [-0.25, -0.2) is 4.98 Å². The van der Waals surface area contributed by atoms with E-state index in [9.17, 15) is 5.11 Å². The number of H-pyrrole nitrogens is 1. The molecule has 0 aliphatic carbocycles. The van der Waals surface area contributed by atoms with Crippen LogP contribution in [-0.2, 0) is 0 Å². The molecule has 0 aliphatic rings. The molecule has 1 heterocycles. The van der Waals surface area contributed by atoms with Crippen molar-refractivity contribution in [1.29, 1.82) is 0 Å². The summed E-state index contributed by atoms with van der Waals surface area (Å²) in [6.45, 7) is 0. The molecule has 1 aromatic heterocycles. The van der Waals surface area contributed by atoms with E-state index in [1.165, 1.54) is 0 Å². The summed E-state index contributed by atoms with van der Waals surface area (Å²) >= 11 is 0. The average molecular weight is 304 g/mol. The summed E-state index contributed by atoms with van der Waals surface area (Å²) in [6, 6.07) is 26.0. The van der Waals surface area contributed by atoms with Crippen LogP contribution in [0, 0.1) is 0 Å². The quantitative estimate of drug-likeness (QED) is 0.510. The topological polar surface area (TPSA) is 37.2 Å². The molecule has 0 bridgehead atoms. The van der Waals surface area contributed by atoms with Gasteiger partial charge in [0.25, 0.3) is 0 Å². The second-order valence-electron chi connectivity index (χ2n) is 5.56. The van der Waals surface area contributed by atoms with Crippen LogP contribution in [-0.4, -0.2) is 0 Å². The Morgan fingerprint density at radius 2 is 1.17 bits per heavy atom. The minimum Gasteiger partial charge on any atom is -0.868 e. The van der Waals surface area contributed by atoms with E-state index in [1.54, 1.807) is 6.07 Å². The van der Waals surface area contributed by atoms with Crippen LogP contribution in [0.3, 0.4) is 0 Å². The number of fused-ring (bicyclic) bond motifs is 1. The van der Waals surface area contributed by atoms with Gasteiger partial charge in [-0.2, -0.15) is 0 Å². The third-order valence-corrected chi connectivity index (χ3v) is 4.03. The molecule has 0 aliphatic heterocycles. The molecule has 110 valence electrons. The van der Waals surface area contributed by atoms with Crippen LogP contribution >= 0.6 is 0 Å². The molecule has 4 aromatic rings. The summed E-state index contributed by atoms with van der Waals surface area (Å²) < 4.78 is 0. The molecule has 0 saturated carbocycles. The van der Waals surface area contributed by atoms with Gasteiger partial charge >= 0.3 is 18.9 Å². The monoisotopic (exact) mass is 304 g/mol. The van der Waals surface area contributed by atoms with Crippen molar-refractivity contribution in [1.82, 2.24) is 0 Å². The van der Waals surface area contributed by atoms with Crippen molar-refractivity contribution >= 4 is 10.9 Å². The number of aromatic nitrogens is 1. The van der Waals surface area contributed by atoms with Crippen LogP contribution in [0.1, 0.15) is 0 Å². The third-order valence-electron chi connectivity index (χ3n) is 4.03. The normalized spacial score (nSPS) is 10.3. The average Bonchev–Trinajstić information content (AvgIpc) is 2.63. The fourth-order valence-electron chi connectivity index (χ4n) is 2.86. The minimum absolute atomic E-state index is 0. The van der Waals surface area contributed by atoms with Gasteiger partial charge in [0.1, 0.15) is 0 Å². The van der Waals surface area contributed by atoms with Crippen molar-refractivity contribution in [3.8, 4) is 28.0 Å². The zero-order valence-corrected chi connectivity index (χ0v) is 13.5. The molecule has 0 radical (unpaired) electrons. The molecule has 0 spiro atoms. The molecule has 0 atom stereocenters. The zero-order valence-electron chi connectivity index (χ0n) is 13.5. The maximum absolute atomic E-state index is 12.4. The van der Waals surface area contributed by atoms with E-state index in [0.717, 1.165) is 27.6 Å². The Bertz CT molecular complexity index is 964. The summed E-state index contributed by atoms with van der Waals surface area (Å²) in [5.41, 5.74) is 4.84. The minimum atomic E-state index is 0. The SMILES string of the molecule is [Li+].[O-]c1cc(-c2ccccc2)cc2cc(-c3ccccc3)c[nH+]c12. The second kappa shape index (κ2) is 6.93. The maximum Gasteiger partial charge on any atom is 1.00 e. The zero-order chi connectivity index (χ0) is 15.6. The third kappa shape index (κ3) is 3.07. The van der Waals surface area contributed by atoms with Gasteiger partial charge in [-0.1, -0.05) is 66.7 Å². The first kappa shape index (κ1) is 16.3. The van der Waals surface area contributed by atoms with Gasteiger partial charge in [-0.3, -0.25) is 0 Å². The van der Waals surface area contributed by atoms with E-state index in [-0.39, 0.29) is 24.6 Å². The number of pyridine rings is 1. The summed E-state index contributed by atoms with van der Waals surface area (Å²) in [4.78, 5) is 3.15. The van der Waals surface area contributed by atoms with Gasteiger partial charge in [0.2, 0.25) is 5.52 Å². The Labute approximate surface area is 153 Å². The van der Waals surface area contributed by atoms with Gasteiger partial charge in [0, 0.05) is 10.9 Å². The summed E-state index contributed by atoms with van der Waals surface area (Å²) in [7, 11) is 0.